The molecule has 0 radical (unpaired) electrons. The van der Waals surface area contributed by atoms with Crippen molar-refractivity contribution >= 4 is 12.4 Å². The normalized spacial score (nSPS) is 26.1. The smallest absolute Gasteiger partial charge is 0.216 e. The van der Waals surface area contributed by atoms with Crippen LogP contribution in [0.5, 0.6) is 5.88 Å². The average molecular weight is 301 g/mol. The molecule has 1 N–H and O–H groups in total. The zero-order chi connectivity index (χ0) is 13.4. The minimum Gasteiger partial charge on any atom is -0.481 e. The zero-order valence-corrected chi connectivity index (χ0v) is 13.4. The Morgan fingerprint density at radius 3 is 2.85 bits per heavy atom. The van der Waals surface area contributed by atoms with E-state index in [0.29, 0.717) is 0 Å². The molecular formula is C14H25ClN4O. The maximum absolute atomic E-state index is 5.49. The van der Waals surface area contributed by atoms with Gasteiger partial charge in [0.2, 0.25) is 5.88 Å². The van der Waals surface area contributed by atoms with Gasteiger partial charge in [-0.15, -0.1) is 12.4 Å². The summed E-state index contributed by atoms with van der Waals surface area (Å²) in [5.74, 6) is 2.63. The Labute approximate surface area is 127 Å². The molecule has 0 spiro atoms. The molecule has 0 amide bonds. The fourth-order valence-corrected chi connectivity index (χ4v) is 3.60. The number of methoxy groups -OCH3 is 1. The summed E-state index contributed by atoms with van der Waals surface area (Å²) in [6, 6.07) is 0. The summed E-state index contributed by atoms with van der Waals surface area (Å²) in [4.78, 5) is 2.56. The van der Waals surface area contributed by atoms with Crippen molar-refractivity contribution in [2.24, 2.45) is 18.9 Å². The zero-order valence-electron chi connectivity index (χ0n) is 12.6. The van der Waals surface area contributed by atoms with Crippen molar-refractivity contribution < 1.29 is 4.74 Å². The fraction of sp³-hybridized carbons (Fsp3) is 0.786. The first-order valence-corrected chi connectivity index (χ1v) is 7.18. The Kier molecular flexibility index (Phi) is 4.94. The van der Waals surface area contributed by atoms with Gasteiger partial charge in [-0.05, 0) is 44.8 Å². The van der Waals surface area contributed by atoms with Crippen molar-refractivity contribution in [2.45, 2.75) is 19.9 Å². The Hall–Kier alpha value is -0.780. The number of fused-ring (bicyclic) bond motifs is 1. The number of piperidine rings is 1. The van der Waals surface area contributed by atoms with Crippen LogP contribution in [0.3, 0.4) is 0 Å². The first-order chi connectivity index (χ1) is 9.19. The first kappa shape index (κ1) is 15.6. The molecule has 2 unspecified atom stereocenters. The van der Waals surface area contributed by atoms with E-state index < -0.39 is 0 Å². The Balaban J connectivity index is 0.00000147. The third kappa shape index (κ3) is 2.80. The molecule has 3 rings (SSSR count). The number of nitrogens with one attached hydrogen (secondary N) is 1. The molecule has 0 saturated carbocycles. The average Bonchev–Trinajstić information content (AvgIpc) is 2.94. The second-order valence-corrected chi connectivity index (χ2v) is 5.90. The second kappa shape index (κ2) is 6.33. The van der Waals surface area contributed by atoms with Gasteiger partial charge in [0.1, 0.15) is 0 Å². The molecule has 5 nitrogen and oxygen atoms in total. The van der Waals surface area contributed by atoms with Gasteiger partial charge in [-0.2, -0.15) is 5.10 Å². The molecule has 6 heteroatoms. The predicted octanol–water partition coefficient (Wildman–Crippen LogP) is 1.20. The standard InChI is InChI=1S/C14H24N4O.ClH/c1-10-13(14(19-3)17(2)16-10)9-18-5-4-11-6-15-7-12(11)8-18;/h11-12,15H,4-9H2,1-3H3;1H. The van der Waals surface area contributed by atoms with Crippen LogP contribution in [0.4, 0.5) is 0 Å². The van der Waals surface area contributed by atoms with Gasteiger partial charge in [0.05, 0.1) is 18.4 Å². The summed E-state index contributed by atoms with van der Waals surface area (Å²) in [5, 5.41) is 7.99. The van der Waals surface area contributed by atoms with Crippen LogP contribution >= 0.6 is 12.4 Å². The van der Waals surface area contributed by atoms with Gasteiger partial charge in [-0.3, -0.25) is 4.90 Å². The van der Waals surface area contributed by atoms with Crippen molar-refractivity contribution in [1.82, 2.24) is 20.0 Å². The summed E-state index contributed by atoms with van der Waals surface area (Å²) in [5.41, 5.74) is 2.33. The van der Waals surface area contributed by atoms with E-state index in [4.69, 9.17) is 4.74 Å². The molecule has 2 atom stereocenters. The third-order valence-corrected chi connectivity index (χ3v) is 4.65. The van der Waals surface area contributed by atoms with Gasteiger partial charge >= 0.3 is 0 Å². The molecular weight excluding hydrogens is 276 g/mol. The predicted molar refractivity (Wildman–Crippen MR) is 81.5 cm³/mol. The van der Waals surface area contributed by atoms with E-state index in [1.54, 1.807) is 7.11 Å². The molecule has 0 aromatic carbocycles. The first-order valence-electron chi connectivity index (χ1n) is 7.18. The fourth-order valence-electron chi connectivity index (χ4n) is 3.60. The number of nitrogens with zero attached hydrogens (tertiary/aromatic N) is 3. The summed E-state index contributed by atoms with van der Waals surface area (Å²) < 4.78 is 7.33. The van der Waals surface area contributed by atoms with Crippen LogP contribution in [-0.4, -0.2) is 48.0 Å². The number of likely N-dealkylation sites (tertiary alicyclic amines) is 1. The topological polar surface area (TPSA) is 42.3 Å². The van der Waals surface area contributed by atoms with Crippen LogP contribution in [0, 0.1) is 18.8 Å². The van der Waals surface area contributed by atoms with Crippen LogP contribution in [0.25, 0.3) is 0 Å². The molecule has 2 aliphatic rings. The maximum Gasteiger partial charge on any atom is 0.216 e. The SMILES string of the molecule is COc1c(CN2CCC3CNCC3C2)c(C)nn1C.Cl. The molecule has 0 bridgehead atoms. The van der Waals surface area contributed by atoms with E-state index in [0.717, 1.165) is 30.0 Å². The van der Waals surface area contributed by atoms with Crippen molar-refractivity contribution in [3.05, 3.63) is 11.3 Å². The van der Waals surface area contributed by atoms with Gasteiger partial charge in [0.15, 0.2) is 0 Å². The molecule has 3 heterocycles. The van der Waals surface area contributed by atoms with E-state index in [-0.39, 0.29) is 12.4 Å². The van der Waals surface area contributed by atoms with Crippen LogP contribution in [0.1, 0.15) is 17.7 Å². The number of aromatic nitrogens is 2. The van der Waals surface area contributed by atoms with Gasteiger partial charge in [-0.25, -0.2) is 4.68 Å². The maximum atomic E-state index is 5.49. The molecule has 2 saturated heterocycles. The number of halogens is 1. The second-order valence-electron chi connectivity index (χ2n) is 5.90. The molecule has 1 aromatic heterocycles. The number of aryl methyl sites for hydroxylation is 2. The summed E-state index contributed by atoms with van der Waals surface area (Å²) >= 11 is 0. The van der Waals surface area contributed by atoms with Crippen molar-refractivity contribution in [2.75, 3.05) is 33.3 Å². The molecule has 2 fully saturated rings. The highest BCUT2D eigenvalue weighted by Crippen LogP contribution is 2.29. The van der Waals surface area contributed by atoms with E-state index in [2.05, 4.69) is 22.2 Å². The highest BCUT2D eigenvalue weighted by atomic mass is 35.5. The lowest BCUT2D eigenvalue weighted by Gasteiger charge is -2.34. The van der Waals surface area contributed by atoms with Crippen LogP contribution < -0.4 is 10.1 Å². The molecule has 20 heavy (non-hydrogen) atoms. The van der Waals surface area contributed by atoms with Gasteiger partial charge < -0.3 is 10.1 Å². The number of hydrogen-bond acceptors (Lipinski definition) is 4. The van der Waals surface area contributed by atoms with Crippen molar-refractivity contribution in [1.29, 1.82) is 0 Å². The molecule has 1 aromatic rings. The largest absolute Gasteiger partial charge is 0.481 e. The quantitative estimate of drug-likeness (QED) is 0.911. The van der Waals surface area contributed by atoms with Gasteiger partial charge in [0.25, 0.3) is 0 Å². The summed E-state index contributed by atoms with van der Waals surface area (Å²) in [6.07, 6.45) is 1.32. The van der Waals surface area contributed by atoms with Crippen molar-refractivity contribution in [3.8, 4) is 5.88 Å². The highest BCUT2D eigenvalue weighted by Gasteiger charge is 2.33. The van der Waals surface area contributed by atoms with E-state index >= 15 is 0 Å². The van der Waals surface area contributed by atoms with Crippen LogP contribution in [0.15, 0.2) is 0 Å². The van der Waals surface area contributed by atoms with Crippen molar-refractivity contribution in [3.63, 3.8) is 0 Å². The molecule has 2 aliphatic heterocycles. The number of hydrogen-bond donors (Lipinski definition) is 1. The summed E-state index contributed by atoms with van der Waals surface area (Å²) in [7, 11) is 3.68. The third-order valence-electron chi connectivity index (χ3n) is 4.65. The van der Waals surface area contributed by atoms with E-state index in [1.165, 1.54) is 38.2 Å². The number of ether oxygens (including phenoxy) is 1. The van der Waals surface area contributed by atoms with E-state index in [1.807, 2.05) is 11.7 Å². The Morgan fingerprint density at radius 2 is 2.10 bits per heavy atom. The number of rotatable bonds is 3. The van der Waals surface area contributed by atoms with Gasteiger partial charge in [-0.1, -0.05) is 0 Å². The summed E-state index contributed by atoms with van der Waals surface area (Å²) in [6.45, 7) is 7.83. The monoisotopic (exact) mass is 300 g/mol. The van der Waals surface area contributed by atoms with Crippen LogP contribution in [0.2, 0.25) is 0 Å². The Bertz CT molecular complexity index is 462. The van der Waals surface area contributed by atoms with Crippen LogP contribution in [-0.2, 0) is 13.6 Å². The highest BCUT2D eigenvalue weighted by molar-refractivity contribution is 5.85. The van der Waals surface area contributed by atoms with Gasteiger partial charge in [0, 0.05) is 20.1 Å². The Morgan fingerprint density at radius 1 is 1.35 bits per heavy atom. The lowest BCUT2D eigenvalue weighted by atomic mass is 9.88. The van der Waals surface area contributed by atoms with E-state index in [9.17, 15) is 0 Å². The minimum atomic E-state index is 0. The molecule has 0 aliphatic carbocycles. The lowest BCUT2D eigenvalue weighted by Crippen LogP contribution is -2.39. The molecule has 114 valence electrons. The lowest BCUT2D eigenvalue weighted by molar-refractivity contribution is 0.141. The minimum absolute atomic E-state index is 0.